The number of aromatic nitrogens is 2. The van der Waals surface area contributed by atoms with Gasteiger partial charge in [0.05, 0.1) is 17.6 Å². The van der Waals surface area contributed by atoms with Crippen molar-refractivity contribution in [3.05, 3.63) is 64.5 Å². The number of hydrogen-bond donors (Lipinski definition) is 1. The minimum atomic E-state index is -0.497. The van der Waals surface area contributed by atoms with E-state index in [1.54, 1.807) is 22.7 Å². The number of benzene rings is 1. The Morgan fingerprint density at radius 3 is 2.90 bits per heavy atom. The lowest BCUT2D eigenvalue weighted by molar-refractivity contribution is -0.384. The van der Waals surface area contributed by atoms with Gasteiger partial charge >= 0.3 is 0 Å². The topological polar surface area (TPSA) is 89.9 Å². The summed E-state index contributed by atoms with van der Waals surface area (Å²) in [5.41, 5.74) is 1.04. The Bertz CT molecular complexity index is 813. The van der Waals surface area contributed by atoms with Gasteiger partial charge in [-0.25, -0.2) is 0 Å². The van der Waals surface area contributed by atoms with E-state index in [1.165, 1.54) is 18.2 Å². The second-order valence-electron chi connectivity index (χ2n) is 4.31. The predicted octanol–water partition coefficient (Wildman–Crippen LogP) is 2.53. The molecular weight excluding hydrogens is 274 g/mol. The maximum atomic E-state index is 10.8. The Labute approximate surface area is 119 Å². The van der Waals surface area contributed by atoms with E-state index in [0.717, 1.165) is 0 Å². The van der Waals surface area contributed by atoms with Gasteiger partial charge in [0.2, 0.25) is 5.88 Å². The number of nitrogens with zero attached hydrogens (tertiary/aromatic N) is 3. The first-order valence-corrected chi connectivity index (χ1v) is 6.18. The van der Waals surface area contributed by atoms with Gasteiger partial charge in [-0.1, -0.05) is 12.1 Å². The number of aliphatic hydroxyl groups excluding tert-OH is 1. The lowest BCUT2D eigenvalue weighted by Gasteiger charge is -2.04. The quantitative estimate of drug-likeness (QED) is 0.587. The number of aliphatic hydroxyl groups is 1. The van der Waals surface area contributed by atoms with Crippen LogP contribution < -0.4 is 4.74 Å². The number of non-ortho nitro benzene ring substituents is 1. The Morgan fingerprint density at radius 2 is 2.14 bits per heavy atom. The molecule has 7 heteroatoms. The summed E-state index contributed by atoms with van der Waals surface area (Å²) in [5, 5.41) is 20.2. The summed E-state index contributed by atoms with van der Waals surface area (Å²) in [7, 11) is 0. The van der Waals surface area contributed by atoms with Crippen LogP contribution in [0.15, 0.2) is 48.7 Å². The van der Waals surface area contributed by atoms with Gasteiger partial charge in [0.15, 0.2) is 0 Å². The van der Waals surface area contributed by atoms with Crippen molar-refractivity contribution >= 4 is 11.3 Å². The molecule has 0 aliphatic carbocycles. The van der Waals surface area contributed by atoms with Gasteiger partial charge in [-0.05, 0) is 18.2 Å². The monoisotopic (exact) mass is 285 g/mol. The standard InChI is InChI=1S/C14H11N3O4/c18-9-12-14(15-13-6-1-2-7-16(12)13)21-11-5-3-4-10(8-11)17(19)20/h1-8,18H,9H2. The fourth-order valence-corrected chi connectivity index (χ4v) is 2.02. The van der Waals surface area contributed by atoms with Crippen molar-refractivity contribution in [1.82, 2.24) is 9.38 Å². The van der Waals surface area contributed by atoms with E-state index in [1.807, 2.05) is 12.1 Å². The van der Waals surface area contributed by atoms with Crippen LogP contribution in [0.5, 0.6) is 11.6 Å². The average Bonchev–Trinajstić information content (AvgIpc) is 2.84. The fourth-order valence-electron chi connectivity index (χ4n) is 2.02. The third-order valence-corrected chi connectivity index (χ3v) is 2.98. The molecule has 2 aromatic heterocycles. The number of imidazole rings is 1. The van der Waals surface area contributed by atoms with Crippen LogP contribution in [-0.2, 0) is 6.61 Å². The average molecular weight is 285 g/mol. The van der Waals surface area contributed by atoms with Crippen LogP contribution in [0.25, 0.3) is 5.65 Å². The molecule has 2 heterocycles. The maximum Gasteiger partial charge on any atom is 0.273 e. The number of fused-ring (bicyclic) bond motifs is 1. The van der Waals surface area contributed by atoms with E-state index in [4.69, 9.17) is 4.74 Å². The zero-order chi connectivity index (χ0) is 14.8. The first kappa shape index (κ1) is 13.1. The highest BCUT2D eigenvalue weighted by molar-refractivity contribution is 5.47. The van der Waals surface area contributed by atoms with Crippen molar-refractivity contribution in [2.75, 3.05) is 0 Å². The first-order valence-electron chi connectivity index (χ1n) is 6.18. The molecule has 0 unspecified atom stereocenters. The lowest BCUT2D eigenvalue weighted by atomic mass is 10.3. The van der Waals surface area contributed by atoms with E-state index >= 15 is 0 Å². The molecular formula is C14H11N3O4. The third kappa shape index (κ3) is 2.41. The molecule has 0 aliphatic heterocycles. The molecule has 0 amide bonds. The Morgan fingerprint density at radius 1 is 1.29 bits per heavy atom. The van der Waals surface area contributed by atoms with Gasteiger partial charge in [0.1, 0.15) is 17.1 Å². The smallest absolute Gasteiger partial charge is 0.273 e. The summed E-state index contributed by atoms with van der Waals surface area (Å²) < 4.78 is 7.28. The lowest BCUT2D eigenvalue weighted by Crippen LogP contribution is -1.95. The largest absolute Gasteiger partial charge is 0.437 e. The number of pyridine rings is 1. The molecule has 0 radical (unpaired) electrons. The van der Waals surface area contributed by atoms with E-state index in [2.05, 4.69) is 4.98 Å². The van der Waals surface area contributed by atoms with E-state index in [-0.39, 0.29) is 18.2 Å². The van der Waals surface area contributed by atoms with Crippen LogP contribution in [-0.4, -0.2) is 19.4 Å². The van der Waals surface area contributed by atoms with Crippen molar-refractivity contribution in [1.29, 1.82) is 0 Å². The van der Waals surface area contributed by atoms with Gasteiger partial charge in [-0.2, -0.15) is 4.98 Å². The minimum Gasteiger partial charge on any atom is -0.437 e. The predicted molar refractivity (Wildman–Crippen MR) is 74.3 cm³/mol. The van der Waals surface area contributed by atoms with Crippen molar-refractivity contribution < 1.29 is 14.8 Å². The van der Waals surface area contributed by atoms with Crippen molar-refractivity contribution in [3.8, 4) is 11.6 Å². The minimum absolute atomic E-state index is 0.0678. The van der Waals surface area contributed by atoms with Crippen molar-refractivity contribution in [3.63, 3.8) is 0 Å². The molecule has 3 aromatic rings. The molecule has 1 aromatic carbocycles. The highest BCUT2D eigenvalue weighted by Gasteiger charge is 2.14. The number of rotatable bonds is 4. The maximum absolute atomic E-state index is 10.8. The zero-order valence-corrected chi connectivity index (χ0v) is 10.8. The second-order valence-corrected chi connectivity index (χ2v) is 4.31. The summed E-state index contributed by atoms with van der Waals surface area (Å²) in [5.74, 6) is 0.520. The second kappa shape index (κ2) is 5.22. The highest BCUT2D eigenvalue weighted by atomic mass is 16.6. The van der Waals surface area contributed by atoms with E-state index < -0.39 is 4.92 Å². The van der Waals surface area contributed by atoms with Gasteiger partial charge in [0, 0.05) is 12.3 Å². The molecule has 0 spiro atoms. The Hall–Kier alpha value is -2.93. The SMILES string of the molecule is O=[N+]([O-])c1cccc(Oc2nc3ccccn3c2CO)c1. The molecule has 0 atom stereocenters. The summed E-state index contributed by atoms with van der Waals surface area (Å²) in [4.78, 5) is 14.5. The molecule has 3 rings (SSSR count). The molecule has 0 bridgehead atoms. The molecule has 0 saturated carbocycles. The van der Waals surface area contributed by atoms with Gasteiger partial charge < -0.3 is 9.84 Å². The number of nitro groups is 1. The molecule has 7 nitrogen and oxygen atoms in total. The summed E-state index contributed by atoms with van der Waals surface area (Å²) in [6.45, 7) is -0.255. The van der Waals surface area contributed by atoms with E-state index in [9.17, 15) is 15.2 Å². The normalized spacial score (nSPS) is 10.7. The van der Waals surface area contributed by atoms with Gasteiger partial charge in [-0.15, -0.1) is 0 Å². The number of hydrogen-bond acceptors (Lipinski definition) is 5. The van der Waals surface area contributed by atoms with Crippen LogP contribution in [0.3, 0.4) is 0 Å². The molecule has 0 saturated heterocycles. The summed E-state index contributed by atoms with van der Waals surface area (Å²) in [6, 6.07) is 11.2. The number of ether oxygens (including phenoxy) is 1. The third-order valence-electron chi connectivity index (χ3n) is 2.98. The van der Waals surface area contributed by atoms with Crippen molar-refractivity contribution in [2.45, 2.75) is 6.61 Å². The van der Waals surface area contributed by atoms with Crippen LogP contribution >= 0.6 is 0 Å². The zero-order valence-electron chi connectivity index (χ0n) is 10.8. The highest BCUT2D eigenvalue weighted by Crippen LogP contribution is 2.28. The molecule has 106 valence electrons. The van der Waals surface area contributed by atoms with Crippen LogP contribution in [0.2, 0.25) is 0 Å². The summed E-state index contributed by atoms with van der Waals surface area (Å²) in [6.07, 6.45) is 1.76. The Balaban J connectivity index is 2.01. The molecule has 0 fully saturated rings. The van der Waals surface area contributed by atoms with Crippen LogP contribution in [0, 0.1) is 10.1 Å². The number of nitro benzene ring substituents is 1. The molecule has 1 N–H and O–H groups in total. The van der Waals surface area contributed by atoms with Crippen LogP contribution in [0.1, 0.15) is 5.69 Å². The van der Waals surface area contributed by atoms with Gasteiger partial charge in [-0.3, -0.25) is 14.5 Å². The fraction of sp³-hybridized carbons (Fsp3) is 0.0714. The summed E-state index contributed by atoms with van der Waals surface area (Å²) >= 11 is 0. The Kier molecular flexibility index (Phi) is 3.25. The first-order chi connectivity index (χ1) is 10.2. The van der Waals surface area contributed by atoms with E-state index in [0.29, 0.717) is 17.1 Å². The van der Waals surface area contributed by atoms with Crippen LogP contribution in [0.4, 0.5) is 5.69 Å². The molecule has 21 heavy (non-hydrogen) atoms. The van der Waals surface area contributed by atoms with Gasteiger partial charge in [0.25, 0.3) is 5.69 Å². The molecule has 0 aliphatic rings. The van der Waals surface area contributed by atoms with Crippen molar-refractivity contribution in [2.24, 2.45) is 0 Å².